The maximum atomic E-state index is 11.2. The Kier molecular flexibility index (Phi) is 3.24. The van der Waals surface area contributed by atoms with Gasteiger partial charge in [-0.15, -0.1) is 0 Å². The minimum atomic E-state index is -2.14. The topological polar surface area (TPSA) is 72.8 Å². The molecule has 0 aliphatic carbocycles. The molecule has 78 valence electrons. The molecular formula is C9H12O5. The average molecular weight is 200 g/mol. The first-order valence-corrected chi connectivity index (χ1v) is 4.33. The van der Waals surface area contributed by atoms with Crippen LogP contribution in [0.4, 0.5) is 0 Å². The zero-order valence-electron chi connectivity index (χ0n) is 7.69. The van der Waals surface area contributed by atoms with E-state index in [0.29, 0.717) is 12.8 Å². The van der Waals surface area contributed by atoms with Crippen molar-refractivity contribution >= 4 is 11.9 Å². The summed E-state index contributed by atoms with van der Waals surface area (Å²) < 4.78 is 9.21. The van der Waals surface area contributed by atoms with Gasteiger partial charge in [-0.1, -0.05) is 6.58 Å². The van der Waals surface area contributed by atoms with Crippen molar-refractivity contribution in [3.05, 3.63) is 12.7 Å². The van der Waals surface area contributed by atoms with Gasteiger partial charge in [-0.3, -0.25) is 0 Å². The van der Waals surface area contributed by atoms with Gasteiger partial charge in [0.25, 0.3) is 0 Å². The molecule has 0 radical (unpaired) electrons. The molecule has 1 N–H and O–H groups in total. The molecule has 0 aromatic heterocycles. The summed E-state index contributed by atoms with van der Waals surface area (Å²) in [6, 6.07) is 0. The van der Waals surface area contributed by atoms with Crippen LogP contribution in [0.2, 0.25) is 0 Å². The van der Waals surface area contributed by atoms with Crippen LogP contribution in [-0.4, -0.2) is 29.4 Å². The van der Waals surface area contributed by atoms with Gasteiger partial charge in [-0.2, -0.15) is 0 Å². The largest absolute Gasteiger partial charge is 0.461 e. The summed E-state index contributed by atoms with van der Waals surface area (Å²) in [5.41, 5.74) is 0. The van der Waals surface area contributed by atoms with E-state index in [0.717, 1.165) is 6.08 Å². The quantitative estimate of drug-likeness (QED) is 0.389. The number of carbonyl (C=O) groups is 2. The van der Waals surface area contributed by atoms with Crippen LogP contribution in [-0.2, 0) is 19.1 Å². The standard InChI is InChI=1S/C9H12O5/c1-2-7(10)14-9(12)5-3-4-6-13-8(9)11/h2,12H,1,3-6H2. The minimum Gasteiger partial charge on any atom is -0.461 e. The second-order valence-corrected chi connectivity index (χ2v) is 3.00. The fourth-order valence-corrected chi connectivity index (χ4v) is 1.15. The van der Waals surface area contributed by atoms with Gasteiger partial charge in [-0.05, 0) is 12.8 Å². The number of cyclic esters (lactones) is 1. The molecule has 1 heterocycles. The SMILES string of the molecule is C=CC(=O)OC1(O)CCCCOC1=O. The van der Waals surface area contributed by atoms with Crippen molar-refractivity contribution < 1.29 is 24.2 Å². The third-order valence-corrected chi connectivity index (χ3v) is 1.90. The first-order chi connectivity index (χ1) is 6.58. The number of aliphatic hydroxyl groups is 1. The Hall–Kier alpha value is -1.36. The predicted molar refractivity (Wildman–Crippen MR) is 46.0 cm³/mol. The Balaban J connectivity index is 2.72. The number of hydrogen-bond acceptors (Lipinski definition) is 5. The summed E-state index contributed by atoms with van der Waals surface area (Å²) in [5.74, 6) is -3.89. The average Bonchev–Trinajstić information content (AvgIpc) is 2.30. The van der Waals surface area contributed by atoms with Gasteiger partial charge in [-0.25, -0.2) is 9.59 Å². The lowest BCUT2D eigenvalue weighted by Crippen LogP contribution is -2.43. The highest BCUT2D eigenvalue weighted by Gasteiger charge is 2.42. The van der Waals surface area contributed by atoms with Gasteiger partial charge in [0.1, 0.15) is 0 Å². The van der Waals surface area contributed by atoms with E-state index in [4.69, 9.17) is 0 Å². The molecule has 1 fully saturated rings. The van der Waals surface area contributed by atoms with Crippen molar-refractivity contribution in [2.75, 3.05) is 6.61 Å². The molecule has 1 saturated heterocycles. The predicted octanol–water partition coefficient (Wildman–Crippen LogP) is 0.131. The van der Waals surface area contributed by atoms with Crippen LogP contribution < -0.4 is 0 Å². The zero-order valence-corrected chi connectivity index (χ0v) is 7.69. The summed E-state index contributed by atoms with van der Waals surface area (Å²) in [7, 11) is 0. The minimum absolute atomic E-state index is 0.0609. The van der Waals surface area contributed by atoms with E-state index in [9.17, 15) is 14.7 Å². The molecule has 0 aromatic rings. The normalized spacial score (nSPS) is 27.4. The van der Waals surface area contributed by atoms with Crippen molar-refractivity contribution in [1.82, 2.24) is 0 Å². The number of hydrogen-bond donors (Lipinski definition) is 1. The van der Waals surface area contributed by atoms with Gasteiger partial charge in [0.2, 0.25) is 0 Å². The summed E-state index contributed by atoms with van der Waals surface area (Å²) in [4.78, 5) is 22.0. The lowest BCUT2D eigenvalue weighted by Gasteiger charge is -2.22. The van der Waals surface area contributed by atoms with Crippen LogP contribution >= 0.6 is 0 Å². The highest BCUT2D eigenvalue weighted by Crippen LogP contribution is 2.21. The Bertz CT molecular complexity index is 260. The van der Waals surface area contributed by atoms with Crippen LogP contribution in [0.5, 0.6) is 0 Å². The van der Waals surface area contributed by atoms with Crippen LogP contribution in [0.15, 0.2) is 12.7 Å². The summed E-state index contributed by atoms with van der Waals surface area (Å²) in [6.45, 7) is 3.41. The molecule has 1 aliphatic rings. The summed E-state index contributed by atoms with van der Waals surface area (Å²) in [5, 5.41) is 9.66. The van der Waals surface area contributed by atoms with E-state index in [-0.39, 0.29) is 13.0 Å². The third kappa shape index (κ3) is 2.32. The second kappa shape index (κ2) is 4.23. The van der Waals surface area contributed by atoms with E-state index in [1.54, 1.807) is 0 Å². The van der Waals surface area contributed by atoms with Gasteiger partial charge in [0.15, 0.2) is 0 Å². The van der Waals surface area contributed by atoms with Crippen LogP contribution in [0.25, 0.3) is 0 Å². The van der Waals surface area contributed by atoms with Gasteiger partial charge in [0.05, 0.1) is 6.61 Å². The number of ether oxygens (including phenoxy) is 2. The smallest absolute Gasteiger partial charge is 0.379 e. The Morgan fingerprint density at radius 2 is 2.36 bits per heavy atom. The zero-order chi connectivity index (χ0) is 10.6. The molecular weight excluding hydrogens is 188 g/mol. The van der Waals surface area contributed by atoms with E-state index in [1.807, 2.05) is 0 Å². The van der Waals surface area contributed by atoms with Crippen molar-refractivity contribution in [3.63, 3.8) is 0 Å². The molecule has 14 heavy (non-hydrogen) atoms. The molecule has 1 atom stereocenters. The van der Waals surface area contributed by atoms with Gasteiger partial charge in [0, 0.05) is 12.5 Å². The molecule has 1 rings (SSSR count). The van der Waals surface area contributed by atoms with Crippen LogP contribution in [0.3, 0.4) is 0 Å². The van der Waals surface area contributed by atoms with Crippen molar-refractivity contribution in [1.29, 1.82) is 0 Å². The Labute approximate surface area is 81.3 Å². The van der Waals surface area contributed by atoms with Crippen molar-refractivity contribution in [2.24, 2.45) is 0 Å². The van der Waals surface area contributed by atoms with Gasteiger partial charge >= 0.3 is 17.7 Å². The summed E-state index contributed by atoms with van der Waals surface area (Å²) >= 11 is 0. The molecule has 5 heteroatoms. The first kappa shape index (κ1) is 10.7. The molecule has 0 amide bonds. The summed E-state index contributed by atoms with van der Waals surface area (Å²) in [6.07, 6.45) is 2.16. The maximum Gasteiger partial charge on any atom is 0.379 e. The van der Waals surface area contributed by atoms with E-state index >= 15 is 0 Å². The monoisotopic (exact) mass is 200 g/mol. The lowest BCUT2D eigenvalue weighted by molar-refractivity contribution is -0.223. The van der Waals surface area contributed by atoms with E-state index in [2.05, 4.69) is 16.1 Å². The van der Waals surface area contributed by atoms with Crippen LogP contribution in [0.1, 0.15) is 19.3 Å². The molecule has 0 saturated carbocycles. The maximum absolute atomic E-state index is 11.2. The Morgan fingerprint density at radius 3 is 3.00 bits per heavy atom. The lowest BCUT2D eigenvalue weighted by atomic mass is 10.1. The molecule has 1 aliphatic heterocycles. The van der Waals surface area contributed by atoms with Crippen molar-refractivity contribution in [2.45, 2.75) is 25.0 Å². The third-order valence-electron chi connectivity index (χ3n) is 1.90. The second-order valence-electron chi connectivity index (χ2n) is 3.00. The first-order valence-electron chi connectivity index (χ1n) is 4.33. The Morgan fingerprint density at radius 1 is 1.64 bits per heavy atom. The number of rotatable bonds is 2. The molecule has 0 spiro atoms. The molecule has 0 aromatic carbocycles. The van der Waals surface area contributed by atoms with Crippen molar-refractivity contribution in [3.8, 4) is 0 Å². The molecule has 0 bridgehead atoms. The fourth-order valence-electron chi connectivity index (χ4n) is 1.15. The number of esters is 2. The fraction of sp³-hybridized carbons (Fsp3) is 0.556. The van der Waals surface area contributed by atoms with Gasteiger partial charge < -0.3 is 14.6 Å². The molecule has 5 nitrogen and oxygen atoms in total. The highest BCUT2D eigenvalue weighted by molar-refractivity contribution is 5.86. The van der Waals surface area contributed by atoms with E-state index < -0.39 is 17.7 Å². The highest BCUT2D eigenvalue weighted by atomic mass is 16.7. The number of carbonyl (C=O) groups excluding carboxylic acids is 2. The van der Waals surface area contributed by atoms with Crippen LogP contribution in [0, 0.1) is 0 Å². The van der Waals surface area contributed by atoms with E-state index in [1.165, 1.54) is 0 Å². The molecule has 1 unspecified atom stereocenters.